The molecule has 0 amide bonds. The Bertz CT molecular complexity index is 432. The van der Waals surface area contributed by atoms with Crippen LogP contribution in [0.1, 0.15) is 18.4 Å². The third-order valence-corrected chi connectivity index (χ3v) is 4.03. The van der Waals surface area contributed by atoms with Gasteiger partial charge in [0.05, 0.1) is 11.6 Å². The summed E-state index contributed by atoms with van der Waals surface area (Å²) in [6.07, 6.45) is 2.19. The molecular formula is C13H18BrNO3. The van der Waals surface area contributed by atoms with Gasteiger partial charge < -0.3 is 20.3 Å². The van der Waals surface area contributed by atoms with Crippen LogP contribution in [0.2, 0.25) is 0 Å². The van der Waals surface area contributed by atoms with Gasteiger partial charge in [-0.05, 0) is 46.5 Å². The number of hydrogen-bond acceptors (Lipinski definition) is 4. The van der Waals surface area contributed by atoms with Crippen molar-refractivity contribution < 1.29 is 14.9 Å². The van der Waals surface area contributed by atoms with Gasteiger partial charge in [-0.25, -0.2) is 0 Å². The molecule has 5 heteroatoms. The molecule has 0 unspecified atom stereocenters. The summed E-state index contributed by atoms with van der Waals surface area (Å²) in [5.74, 6) is 0.583. The maximum atomic E-state index is 9.70. The van der Waals surface area contributed by atoms with E-state index in [1.165, 1.54) is 7.11 Å². The van der Waals surface area contributed by atoms with E-state index >= 15 is 0 Å². The van der Waals surface area contributed by atoms with E-state index in [1.54, 1.807) is 0 Å². The summed E-state index contributed by atoms with van der Waals surface area (Å²) in [5.41, 5.74) is 1.14. The van der Waals surface area contributed by atoms with Crippen LogP contribution in [0.3, 0.4) is 0 Å². The highest BCUT2D eigenvalue weighted by atomic mass is 79.9. The molecule has 1 aromatic rings. The summed E-state index contributed by atoms with van der Waals surface area (Å²) in [5, 5.41) is 22.3. The van der Waals surface area contributed by atoms with Gasteiger partial charge in [0.25, 0.3) is 0 Å². The molecule has 1 saturated carbocycles. The van der Waals surface area contributed by atoms with Crippen molar-refractivity contribution >= 4 is 15.9 Å². The van der Waals surface area contributed by atoms with E-state index in [-0.39, 0.29) is 17.8 Å². The van der Waals surface area contributed by atoms with E-state index in [9.17, 15) is 10.2 Å². The van der Waals surface area contributed by atoms with Gasteiger partial charge in [-0.3, -0.25) is 0 Å². The Balaban J connectivity index is 1.95. The monoisotopic (exact) mass is 315 g/mol. The van der Waals surface area contributed by atoms with Crippen molar-refractivity contribution in [2.45, 2.75) is 19.4 Å². The third kappa shape index (κ3) is 2.96. The number of rotatable bonds is 6. The quantitative estimate of drug-likeness (QED) is 0.751. The SMILES string of the molecule is COc1cc(CNCC2(CO)CC2)cc(Br)c1O. The highest BCUT2D eigenvalue weighted by molar-refractivity contribution is 9.10. The summed E-state index contributed by atoms with van der Waals surface area (Å²) in [6.45, 7) is 1.77. The van der Waals surface area contributed by atoms with Crippen LogP contribution < -0.4 is 10.1 Å². The number of halogens is 1. The number of methoxy groups -OCH3 is 1. The predicted octanol–water partition coefficient (Wildman–Crippen LogP) is 2.03. The molecule has 0 atom stereocenters. The third-order valence-electron chi connectivity index (χ3n) is 3.43. The second-order valence-corrected chi connectivity index (χ2v) is 5.74. The van der Waals surface area contributed by atoms with Gasteiger partial charge >= 0.3 is 0 Å². The number of aliphatic hydroxyl groups excluding tert-OH is 1. The van der Waals surface area contributed by atoms with E-state index in [0.29, 0.717) is 16.8 Å². The molecule has 0 aromatic heterocycles. The fourth-order valence-corrected chi connectivity index (χ4v) is 2.41. The molecule has 4 nitrogen and oxygen atoms in total. The average molecular weight is 316 g/mol. The smallest absolute Gasteiger partial charge is 0.172 e. The van der Waals surface area contributed by atoms with E-state index < -0.39 is 0 Å². The number of aliphatic hydroxyl groups is 1. The Hall–Kier alpha value is -0.780. The minimum atomic E-state index is 0.109. The van der Waals surface area contributed by atoms with Crippen molar-refractivity contribution in [1.82, 2.24) is 5.32 Å². The lowest BCUT2D eigenvalue weighted by molar-refractivity contribution is 0.207. The summed E-state index contributed by atoms with van der Waals surface area (Å²) < 4.78 is 5.73. The zero-order valence-electron chi connectivity index (χ0n) is 10.4. The zero-order valence-corrected chi connectivity index (χ0v) is 12.0. The second kappa shape index (κ2) is 5.47. The predicted molar refractivity (Wildman–Crippen MR) is 72.8 cm³/mol. The Labute approximate surface area is 115 Å². The molecule has 2 rings (SSSR count). The minimum absolute atomic E-state index is 0.109. The molecule has 1 aliphatic carbocycles. The van der Waals surface area contributed by atoms with Crippen LogP contribution in [0.15, 0.2) is 16.6 Å². The van der Waals surface area contributed by atoms with Gasteiger partial charge in [0, 0.05) is 25.1 Å². The Morgan fingerprint density at radius 3 is 2.72 bits per heavy atom. The van der Waals surface area contributed by atoms with Gasteiger partial charge in [-0.2, -0.15) is 0 Å². The van der Waals surface area contributed by atoms with Gasteiger partial charge in [0.1, 0.15) is 0 Å². The number of hydrogen-bond donors (Lipinski definition) is 3. The summed E-state index contributed by atoms with van der Waals surface area (Å²) in [4.78, 5) is 0. The van der Waals surface area contributed by atoms with Crippen molar-refractivity contribution in [2.24, 2.45) is 5.41 Å². The molecule has 1 aromatic carbocycles. The first-order valence-electron chi connectivity index (χ1n) is 5.97. The van der Waals surface area contributed by atoms with Gasteiger partial charge in [0.2, 0.25) is 0 Å². The maximum absolute atomic E-state index is 9.70. The highest BCUT2D eigenvalue weighted by Gasteiger charge is 2.41. The first-order chi connectivity index (χ1) is 8.60. The van der Waals surface area contributed by atoms with Crippen LogP contribution in [0.25, 0.3) is 0 Å². The van der Waals surface area contributed by atoms with Crippen LogP contribution in [-0.4, -0.2) is 30.5 Å². The molecule has 0 saturated heterocycles. The maximum Gasteiger partial charge on any atom is 0.172 e. The van der Waals surface area contributed by atoms with E-state index in [2.05, 4.69) is 21.2 Å². The lowest BCUT2D eigenvalue weighted by Gasteiger charge is -2.14. The Morgan fingerprint density at radius 2 is 2.17 bits per heavy atom. The van der Waals surface area contributed by atoms with Crippen LogP contribution in [0.4, 0.5) is 0 Å². The van der Waals surface area contributed by atoms with Gasteiger partial charge in [-0.1, -0.05) is 0 Å². The lowest BCUT2D eigenvalue weighted by atomic mass is 10.1. The number of benzene rings is 1. The summed E-state index contributed by atoms with van der Waals surface area (Å²) in [6, 6.07) is 3.68. The normalized spacial score (nSPS) is 16.6. The van der Waals surface area contributed by atoms with E-state index in [4.69, 9.17) is 4.74 Å². The molecule has 1 aliphatic rings. The van der Waals surface area contributed by atoms with Gasteiger partial charge in [-0.15, -0.1) is 0 Å². The van der Waals surface area contributed by atoms with Crippen molar-refractivity contribution in [2.75, 3.05) is 20.3 Å². The summed E-state index contributed by atoms with van der Waals surface area (Å²) >= 11 is 3.30. The van der Waals surface area contributed by atoms with Crippen molar-refractivity contribution in [1.29, 1.82) is 0 Å². The standard InChI is InChI=1S/C13H18BrNO3/c1-18-11-5-9(4-10(14)12(11)17)6-15-7-13(8-16)2-3-13/h4-5,15-17H,2-3,6-8H2,1H3. The average Bonchev–Trinajstić information content (AvgIpc) is 3.14. The van der Waals surface area contributed by atoms with Gasteiger partial charge in [0.15, 0.2) is 11.5 Å². The first-order valence-corrected chi connectivity index (χ1v) is 6.76. The molecule has 3 N–H and O–H groups in total. The topological polar surface area (TPSA) is 61.7 Å². The molecule has 0 spiro atoms. The van der Waals surface area contributed by atoms with Crippen molar-refractivity contribution in [3.63, 3.8) is 0 Å². The van der Waals surface area contributed by atoms with Crippen LogP contribution in [0, 0.1) is 5.41 Å². The molecule has 0 heterocycles. The number of ether oxygens (including phenoxy) is 1. The fourth-order valence-electron chi connectivity index (χ4n) is 1.92. The molecule has 1 fully saturated rings. The second-order valence-electron chi connectivity index (χ2n) is 4.89. The molecule has 0 bridgehead atoms. The van der Waals surface area contributed by atoms with Crippen molar-refractivity contribution in [3.8, 4) is 11.5 Å². The largest absolute Gasteiger partial charge is 0.503 e. The number of aromatic hydroxyl groups is 1. The van der Waals surface area contributed by atoms with Crippen LogP contribution in [0.5, 0.6) is 11.5 Å². The van der Waals surface area contributed by atoms with Crippen LogP contribution in [-0.2, 0) is 6.54 Å². The van der Waals surface area contributed by atoms with Crippen molar-refractivity contribution in [3.05, 3.63) is 22.2 Å². The summed E-state index contributed by atoms with van der Waals surface area (Å²) in [7, 11) is 1.53. The fraction of sp³-hybridized carbons (Fsp3) is 0.538. The number of phenols is 1. The molecule has 18 heavy (non-hydrogen) atoms. The van der Waals surface area contributed by atoms with E-state index in [0.717, 1.165) is 24.9 Å². The molecule has 0 aliphatic heterocycles. The van der Waals surface area contributed by atoms with Crippen LogP contribution >= 0.6 is 15.9 Å². The highest BCUT2D eigenvalue weighted by Crippen LogP contribution is 2.44. The number of nitrogens with one attached hydrogen (secondary N) is 1. The minimum Gasteiger partial charge on any atom is -0.503 e. The molecule has 100 valence electrons. The number of phenolic OH excluding ortho intramolecular Hbond substituents is 1. The molecule has 0 radical (unpaired) electrons. The zero-order chi connectivity index (χ0) is 13.2. The Kier molecular flexibility index (Phi) is 4.14. The lowest BCUT2D eigenvalue weighted by Crippen LogP contribution is -2.26. The van der Waals surface area contributed by atoms with E-state index in [1.807, 2.05) is 12.1 Å². The molecular weight excluding hydrogens is 298 g/mol. The Morgan fingerprint density at radius 1 is 1.44 bits per heavy atom. The first kappa shape index (κ1) is 13.6.